The van der Waals surface area contributed by atoms with Gasteiger partial charge in [0.05, 0.1) is 19.3 Å². The molecular weight excluding hydrogens is 242 g/mol. The van der Waals surface area contributed by atoms with Gasteiger partial charge in [-0.1, -0.05) is 6.92 Å². The van der Waals surface area contributed by atoms with Crippen molar-refractivity contribution in [3.05, 3.63) is 0 Å². The van der Waals surface area contributed by atoms with E-state index in [1.165, 1.54) is 0 Å². The van der Waals surface area contributed by atoms with Crippen molar-refractivity contribution in [3.63, 3.8) is 0 Å². The first kappa shape index (κ1) is 14.7. The third kappa shape index (κ3) is 6.21. The monoisotopic (exact) mass is 255 g/mol. The van der Waals surface area contributed by atoms with Crippen LogP contribution in [0.3, 0.4) is 0 Å². The SMILES string of the molecule is C#CC#CC#CC#CC(=O)NC1COC(CC)OC1. The van der Waals surface area contributed by atoms with Gasteiger partial charge in [-0.3, -0.25) is 4.79 Å². The number of hydrogen-bond acceptors (Lipinski definition) is 3. The molecule has 0 aromatic rings. The Morgan fingerprint density at radius 1 is 1.21 bits per heavy atom. The Morgan fingerprint density at radius 2 is 1.84 bits per heavy atom. The second kappa shape index (κ2) is 8.68. The summed E-state index contributed by atoms with van der Waals surface area (Å²) in [7, 11) is 0. The van der Waals surface area contributed by atoms with Gasteiger partial charge in [-0.25, -0.2) is 0 Å². The van der Waals surface area contributed by atoms with Crippen LogP contribution in [0.4, 0.5) is 0 Å². The fraction of sp³-hybridized carbons (Fsp3) is 0.400. The molecule has 1 aliphatic rings. The van der Waals surface area contributed by atoms with E-state index >= 15 is 0 Å². The third-order valence-electron chi connectivity index (χ3n) is 2.13. The molecule has 0 saturated carbocycles. The Kier molecular flexibility index (Phi) is 6.71. The average molecular weight is 255 g/mol. The summed E-state index contributed by atoms with van der Waals surface area (Å²) in [5.41, 5.74) is 0. The summed E-state index contributed by atoms with van der Waals surface area (Å²) in [6.07, 6.45) is 5.51. The van der Waals surface area contributed by atoms with Crippen LogP contribution in [0.15, 0.2) is 0 Å². The second-order valence-corrected chi connectivity index (χ2v) is 3.57. The van der Waals surface area contributed by atoms with Crippen LogP contribution in [0.1, 0.15) is 13.3 Å². The summed E-state index contributed by atoms with van der Waals surface area (Å²) >= 11 is 0. The minimum Gasteiger partial charge on any atom is -0.350 e. The standard InChI is InChI=1S/C15H13NO3/c1-3-5-6-7-8-9-10-14(17)16-13-11-18-15(4-2)19-12-13/h1,13,15H,4,11-12H2,2H3,(H,16,17). The third-order valence-corrected chi connectivity index (χ3v) is 2.13. The maximum Gasteiger partial charge on any atom is 0.297 e. The van der Waals surface area contributed by atoms with Gasteiger partial charge in [-0.15, -0.1) is 6.42 Å². The molecule has 1 rings (SSSR count). The molecule has 0 aromatic carbocycles. The van der Waals surface area contributed by atoms with E-state index in [0.29, 0.717) is 13.2 Å². The molecule has 1 N–H and O–H groups in total. The zero-order chi connectivity index (χ0) is 13.9. The molecule has 4 heteroatoms. The highest BCUT2D eigenvalue weighted by Gasteiger charge is 2.21. The smallest absolute Gasteiger partial charge is 0.297 e. The average Bonchev–Trinajstić information content (AvgIpc) is 2.43. The predicted molar refractivity (Wildman–Crippen MR) is 70.1 cm³/mol. The largest absolute Gasteiger partial charge is 0.350 e. The lowest BCUT2D eigenvalue weighted by atomic mass is 10.3. The Hall–Kier alpha value is -2.37. The zero-order valence-electron chi connectivity index (χ0n) is 10.6. The molecule has 0 atom stereocenters. The Labute approximate surface area is 113 Å². The van der Waals surface area contributed by atoms with Crippen molar-refractivity contribution in [2.24, 2.45) is 0 Å². The van der Waals surface area contributed by atoms with E-state index < -0.39 is 5.91 Å². The van der Waals surface area contributed by atoms with E-state index in [-0.39, 0.29) is 12.3 Å². The van der Waals surface area contributed by atoms with Gasteiger partial charge in [0.2, 0.25) is 0 Å². The summed E-state index contributed by atoms with van der Waals surface area (Å²) in [4.78, 5) is 11.4. The van der Waals surface area contributed by atoms with E-state index in [2.05, 4.69) is 46.8 Å². The van der Waals surface area contributed by atoms with E-state index in [9.17, 15) is 4.79 Å². The molecular formula is C15H13NO3. The lowest BCUT2D eigenvalue weighted by Crippen LogP contribution is -2.46. The summed E-state index contributed by atoms with van der Waals surface area (Å²) in [5.74, 6) is 15.9. The molecule has 0 aromatic heterocycles. The van der Waals surface area contributed by atoms with Crippen LogP contribution in [-0.2, 0) is 14.3 Å². The fourth-order valence-electron chi connectivity index (χ4n) is 1.30. The molecule has 4 nitrogen and oxygen atoms in total. The van der Waals surface area contributed by atoms with Gasteiger partial charge in [-0.2, -0.15) is 0 Å². The lowest BCUT2D eigenvalue weighted by Gasteiger charge is -2.28. The number of carbonyl (C=O) groups is 1. The summed E-state index contributed by atoms with van der Waals surface area (Å²) in [5, 5.41) is 2.67. The van der Waals surface area contributed by atoms with Crippen molar-refractivity contribution in [2.75, 3.05) is 13.2 Å². The van der Waals surface area contributed by atoms with Crippen LogP contribution in [0.25, 0.3) is 0 Å². The molecule has 0 unspecified atom stereocenters. The summed E-state index contributed by atoms with van der Waals surface area (Å²) in [6.45, 7) is 2.81. The molecule has 1 aliphatic heterocycles. The first-order valence-electron chi connectivity index (χ1n) is 5.76. The Bertz CT molecular complexity index is 532. The molecule has 0 bridgehead atoms. The van der Waals surface area contributed by atoms with Crippen LogP contribution >= 0.6 is 0 Å². The van der Waals surface area contributed by atoms with Crippen molar-refractivity contribution in [1.82, 2.24) is 5.32 Å². The van der Waals surface area contributed by atoms with Gasteiger partial charge in [0.25, 0.3) is 5.91 Å². The number of terminal acetylenes is 1. The maximum atomic E-state index is 11.4. The normalized spacial score (nSPS) is 20.2. The highest BCUT2D eigenvalue weighted by atomic mass is 16.7. The zero-order valence-corrected chi connectivity index (χ0v) is 10.6. The van der Waals surface area contributed by atoms with Crippen LogP contribution in [-0.4, -0.2) is 31.5 Å². The van der Waals surface area contributed by atoms with Crippen LogP contribution in [0.2, 0.25) is 0 Å². The first-order chi connectivity index (χ1) is 9.26. The number of rotatable bonds is 2. The molecule has 0 aliphatic carbocycles. The Balaban J connectivity index is 2.34. The maximum absolute atomic E-state index is 11.4. The number of carbonyl (C=O) groups excluding carboxylic acids is 1. The van der Waals surface area contributed by atoms with Gasteiger partial charge < -0.3 is 14.8 Å². The van der Waals surface area contributed by atoms with Crippen LogP contribution in [0.5, 0.6) is 0 Å². The fourth-order valence-corrected chi connectivity index (χ4v) is 1.30. The topological polar surface area (TPSA) is 47.6 Å². The number of nitrogens with one attached hydrogen (secondary N) is 1. The van der Waals surface area contributed by atoms with Crippen molar-refractivity contribution >= 4 is 5.91 Å². The van der Waals surface area contributed by atoms with Crippen molar-refractivity contribution < 1.29 is 14.3 Å². The van der Waals surface area contributed by atoms with E-state index in [4.69, 9.17) is 15.9 Å². The molecule has 0 spiro atoms. The molecule has 1 fully saturated rings. The highest BCUT2D eigenvalue weighted by Crippen LogP contribution is 2.08. The molecule has 1 amide bonds. The Morgan fingerprint density at radius 3 is 2.47 bits per heavy atom. The second-order valence-electron chi connectivity index (χ2n) is 3.57. The van der Waals surface area contributed by atoms with Crippen molar-refractivity contribution in [1.29, 1.82) is 0 Å². The van der Waals surface area contributed by atoms with Crippen molar-refractivity contribution in [2.45, 2.75) is 25.7 Å². The molecule has 1 heterocycles. The summed E-state index contributed by atoms with van der Waals surface area (Å²) in [6, 6.07) is -0.182. The molecule has 0 radical (unpaired) electrons. The van der Waals surface area contributed by atoms with E-state index in [1.54, 1.807) is 0 Å². The van der Waals surface area contributed by atoms with Gasteiger partial charge >= 0.3 is 0 Å². The lowest BCUT2D eigenvalue weighted by molar-refractivity contribution is -0.190. The minimum absolute atomic E-state index is 0.181. The van der Waals surface area contributed by atoms with E-state index in [0.717, 1.165) is 6.42 Å². The predicted octanol–water partition coefficient (Wildman–Crippen LogP) is -0.103. The minimum atomic E-state index is -0.425. The van der Waals surface area contributed by atoms with Gasteiger partial charge in [0.15, 0.2) is 6.29 Å². The molecule has 96 valence electrons. The van der Waals surface area contributed by atoms with Gasteiger partial charge in [0.1, 0.15) is 0 Å². The van der Waals surface area contributed by atoms with Crippen LogP contribution in [0, 0.1) is 47.9 Å². The van der Waals surface area contributed by atoms with Gasteiger partial charge in [0, 0.05) is 5.92 Å². The number of ether oxygens (including phenoxy) is 2. The first-order valence-corrected chi connectivity index (χ1v) is 5.76. The van der Waals surface area contributed by atoms with Crippen molar-refractivity contribution in [3.8, 4) is 47.9 Å². The number of hydrogen-bond donors (Lipinski definition) is 1. The molecule has 19 heavy (non-hydrogen) atoms. The highest BCUT2D eigenvalue weighted by molar-refractivity contribution is 5.94. The quantitative estimate of drug-likeness (QED) is 0.701. The molecule has 1 saturated heterocycles. The summed E-state index contributed by atoms with van der Waals surface area (Å²) < 4.78 is 10.7. The van der Waals surface area contributed by atoms with E-state index in [1.807, 2.05) is 6.92 Å². The number of amides is 1. The van der Waals surface area contributed by atoms with Gasteiger partial charge in [-0.05, 0) is 41.9 Å². The van der Waals surface area contributed by atoms with Crippen LogP contribution < -0.4 is 5.32 Å².